The number of piperidine rings is 1. The van der Waals surface area contributed by atoms with Crippen molar-refractivity contribution in [1.29, 1.82) is 0 Å². The fourth-order valence-corrected chi connectivity index (χ4v) is 3.74. The maximum Gasteiger partial charge on any atom is 0.244 e. The van der Waals surface area contributed by atoms with Gasteiger partial charge in [-0.1, -0.05) is 29.8 Å². The minimum Gasteiger partial charge on any atom is -0.376 e. The van der Waals surface area contributed by atoms with Crippen molar-refractivity contribution in [2.24, 2.45) is 5.73 Å². The Balaban J connectivity index is 1.54. The highest BCUT2D eigenvalue weighted by Crippen LogP contribution is 2.22. The van der Waals surface area contributed by atoms with Crippen LogP contribution >= 0.6 is 0 Å². The summed E-state index contributed by atoms with van der Waals surface area (Å²) in [5.74, 6) is 0.0487. The molecule has 2 saturated heterocycles. The van der Waals surface area contributed by atoms with Crippen LogP contribution in [0.4, 0.5) is 0 Å². The van der Waals surface area contributed by atoms with Crippen LogP contribution < -0.4 is 5.73 Å². The first-order chi connectivity index (χ1) is 11.5. The first-order valence-electron chi connectivity index (χ1n) is 9.01. The Morgan fingerprint density at radius 1 is 1.21 bits per heavy atom. The molecule has 132 valence electrons. The van der Waals surface area contributed by atoms with Crippen molar-refractivity contribution in [3.05, 3.63) is 35.4 Å². The number of amides is 1. The number of hydrogen-bond acceptors (Lipinski definition) is 4. The summed E-state index contributed by atoms with van der Waals surface area (Å²) in [5, 5.41) is 0. The smallest absolute Gasteiger partial charge is 0.244 e. The summed E-state index contributed by atoms with van der Waals surface area (Å²) in [5.41, 5.74) is 8.27. The molecule has 1 aromatic carbocycles. The van der Waals surface area contributed by atoms with Crippen LogP contribution in [0.1, 0.15) is 36.9 Å². The van der Waals surface area contributed by atoms with Crippen LogP contribution in [0.2, 0.25) is 0 Å². The number of nitrogens with zero attached hydrogens (tertiary/aromatic N) is 2. The average Bonchev–Trinajstić information content (AvgIpc) is 2.61. The number of carbonyl (C=O) groups excluding carboxylic acids is 1. The lowest BCUT2D eigenvalue weighted by Crippen LogP contribution is -2.52. The Kier molecular flexibility index (Phi) is 5.54. The van der Waals surface area contributed by atoms with E-state index < -0.39 is 6.04 Å². The van der Waals surface area contributed by atoms with E-state index >= 15 is 0 Å². The number of aryl methyl sites for hydroxylation is 1. The number of hydrogen-bond donors (Lipinski definition) is 1. The lowest BCUT2D eigenvalue weighted by atomic mass is 9.99. The van der Waals surface area contributed by atoms with Gasteiger partial charge >= 0.3 is 0 Å². The summed E-state index contributed by atoms with van der Waals surface area (Å²) < 4.78 is 5.62. The molecule has 0 spiro atoms. The summed E-state index contributed by atoms with van der Waals surface area (Å²) >= 11 is 0. The second-order valence-electron chi connectivity index (χ2n) is 7.12. The van der Waals surface area contributed by atoms with Crippen molar-refractivity contribution >= 4 is 5.91 Å². The van der Waals surface area contributed by atoms with Gasteiger partial charge < -0.3 is 15.4 Å². The topological polar surface area (TPSA) is 58.8 Å². The molecule has 2 fully saturated rings. The van der Waals surface area contributed by atoms with Gasteiger partial charge in [-0.3, -0.25) is 9.69 Å². The summed E-state index contributed by atoms with van der Waals surface area (Å²) in [6.45, 7) is 8.59. The first-order valence-corrected chi connectivity index (χ1v) is 9.01. The fraction of sp³-hybridized carbons (Fsp3) is 0.632. The van der Waals surface area contributed by atoms with E-state index in [9.17, 15) is 4.79 Å². The summed E-state index contributed by atoms with van der Waals surface area (Å²) in [6, 6.07) is 7.95. The quantitative estimate of drug-likeness (QED) is 0.916. The van der Waals surface area contributed by atoms with E-state index in [1.165, 1.54) is 5.56 Å². The molecule has 1 aromatic rings. The summed E-state index contributed by atoms with van der Waals surface area (Å²) in [7, 11) is 0. The molecule has 2 heterocycles. The molecule has 0 aromatic heterocycles. The number of rotatable bonds is 3. The number of likely N-dealkylation sites (tertiary alicyclic amines) is 1. The number of nitrogens with two attached hydrogens (primary N) is 1. The maximum atomic E-state index is 12.7. The molecule has 5 heteroatoms. The van der Waals surface area contributed by atoms with Crippen molar-refractivity contribution in [2.75, 3.05) is 32.8 Å². The lowest BCUT2D eigenvalue weighted by Gasteiger charge is -2.42. The molecular weight excluding hydrogens is 302 g/mol. The average molecular weight is 331 g/mol. The Morgan fingerprint density at radius 2 is 1.88 bits per heavy atom. The van der Waals surface area contributed by atoms with Gasteiger partial charge in [-0.05, 0) is 32.3 Å². The third-order valence-electron chi connectivity index (χ3n) is 5.27. The van der Waals surface area contributed by atoms with Gasteiger partial charge in [-0.15, -0.1) is 0 Å². The Bertz CT molecular complexity index is 552. The molecule has 24 heavy (non-hydrogen) atoms. The van der Waals surface area contributed by atoms with Crippen molar-refractivity contribution in [2.45, 2.75) is 44.9 Å². The molecule has 1 amide bonds. The van der Waals surface area contributed by atoms with Crippen LogP contribution in [-0.4, -0.2) is 60.6 Å². The molecule has 2 atom stereocenters. The van der Waals surface area contributed by atoms with Crippen molar-refractivity contribution in [3.8, 4) is 0 Å². The van der Waals surface area contributed by atoms with E-state index in [-0.39, 0.29) is 5.91 Å². The summed E-state index contributed by atoms with van der Waals surface area (Å²) in [4.78, 5) is 17.1. The van der Waals surface area contributed by atoms with Gasteiger partial charge in [-0.25, -0.2) is 0 Å². The van der Waals surface area contributed by atoms with E-state index in [0.29, 0.717) is 12.1 Å². The molecule has 0 radical (unpaired) electrons. The van der Waals surface area contributed by atoms with Crippen molar-refractivity contribution in [3.63, 3.8) is 0 Å². The predicted octanol–water partition coefficient (Wildman–Crippen LogP) is 1.71. The molecule has 3 rings (SSSR count). The molecular formula is C19H29N3O2. The standard InChI is InChI=1S/C19H29N3O2/c1-14-3-5-16(6-4-14)18(20)19(23)21-9-7-17(8-10-21)22-11-12-24-15(2)13-22/h3-6,15,17-18H,7-13,20H2,1-2H3. The number of ether oxygens (including phenoxy) is 1. The van der Waals surface area contributed by atoms with Gasteiger partial charge in [0.15, 0.2) is 0 Å². The molecule has 0 saturated carbocycles. The van der Waals surface area contributed by atoms with E-state index in [1.54, 1.807) is 0 Å². The zero-order valence-electron chi connectivity index (χ0n) is 14.8. The zero-order valence-corrected chi connectivity index (χ0v) is 14.8. The Labute approximate surface area is 144 Å². The van der Waals surface area contributed by atoms with Crippen LogP contribution in [0.5, 0.6) is 0 Å². The Hall–Kier alpha value is -1.43. The highest BCUT2D eigenvalue weighted by Gasteiger charge is 2.31. The largest absolute Gasteiger partial charge is 0.376 e. The highest BCUT2D eigenvalue weighted by atomic mass is 16.5. The SMILES string of the molecule is Cc1ccc(C(N)C(=O)N2CCC(N3CCOC(C)C3)CC2)cc1. The molecule has 2 aliphatic rings. The third kappa shape index (κ3) is 3.97. The predicted molar refractivity (Wildman–Crippen MR) is 94.7 cm³/mol. The number of morpholine rings is 1. The zero-order chi connectivity index (χ0) is 17.1. The monoisotopic (exact) mass is 331 g/mol. The Morgan fingerprint density at radius 3 is 2.50 bits per heavy atom. The van der Waals surface area contributed by atoms with Gasteiger partial charge in [0, 0.05) is 32.2 Å². The maximum absolute atomic E-state index is 12.7. The van der Waals surface area contributed by atoms with Gasteiger partial charge in [0.05, 0.1) is 12.7 Å². The minimum atomic E-state index is -0.550. The van der Waals surface area contributed by atoms with Crippen molar-refractivity contribution < 1.29 is 9.53 Å². The summed E-state index contributed by atoms with van der Waals surface area (Å²) in [6.07, 6.45) is 2.37. The van der Waals surface area contributed by atoms with Gasteiger partial charge in [-0.2, -0.15) is 0 Å². The molecule has 2 N–H and O–H groups in total. The second kappa shape index (κ2) is 7.64. The first kappa shape index (κ1) is 17.4. The van der Waals surface area contributed by atoms with Crippen LogP contribution in [0.15, 0.2) is 24.3 Å². The normalized spacial score (nSPS) is 24.8. The molecule has 0 bridgehead atoms. The fourth-order valence-electron chi connectivity index (χ4n) is 3.74. The number of benzene rings is 1. The van der Waals surface area contributed by atoms with E-state index in [1.807, 2.05) is 36.1 Å². The number of carbonyl (C=O) groups is 1. The van der Waals surface area contributed by atoms with Gasteiger partial charge in [0.2, 0.25) is 5.91 Å². The lowest BCUT2D eigenvalue weighted by molar-refractivity contribution is -0.134. The van der Waals surface area contributed by atoms with Gasteiger partial charge in [0.25, 0.3) is 0 Å². The third-order valence-corrected chi connectivity index (χ3v) is 5.27. The molecule has 5 nitrogen and oxygen atoms in total. The van der Waals surface area contributed by atoms with Gasteiger partial charge in [0.1, 0.15) is 6.04 Å². The molecule has 2 aliphatic heterocycles. The van der Waals surface area contributed by atoms with E-state index in [4.69, 9.17) is 10.5 Å². The molecule has 2 unspecified atom stereocenters. The molecule has 0 aliphatic carbocycles. The minimum absolute atomic E-state index is 0.0487. The van der Waals surface area contributed by atoms with Crippen LogP contribution in [0.3, 0.4) is 0 Å². The van der Waals surface area contributed by atoms with Crippen LogP contribution in [-0.2, 0) is 9.53 Å². The van der Waals surface area contributed by atoms with Crippen molar-refractivity contribution in [1.82, 2.24) is 9.80 Å². The van der Waals surface area contributed by atoms with Crippen LogP contribution in [0.25, 0.3) is 0 Å². The van der Waals surface area contributed by atoms with E-state index in [0.717, 1.165) is 51.2 Å². The highest BCUT2D eigenvalue weighted by molar-refractivity contribution is 5.83. The second-order valence-corrected chi connectivity index (χ2v) is 7.12. The van der Waals surface area contributed by atoms with E-state index in [2.05, 4.69) is 11.8 Å². The van der Waals surface area contributed by atoms with Crippen LogP contribution in [0, 0.1) is 6.92 Å².